The van der Waals surface area contributed by atoms with E-state index in [9.17, 15) is 4.79 Å². The van der Waals surface area contributed by atoms with Gasteiger partial charge in [0.15, 0.2) is 0 Å². The van der Waals surface area contributed by atoms with Crippen molar-refractivity contribution in [3.05, 3.63) is 46.3 Å². The fraction of sp³-hybridized carbons (Fsp3) is 0.333. The molecule has 4 aromatic rings. The molecule has 0 saturated carbocycles. The number of carbonyl (C=O) groups is 1. The van der Waals surface area contributed by atoms with Gasteiger partial charge < -0.3 is 15.3 Å². The average Bonchev–Trinajstić information content (AvgIpc) is 3.37. The molecular formula is C21H21ClN6O2S. The summed E-state index contributed by atoms with van der Waals surface area (Å²) < 4.78 is 1.72. The van der Waals surface area contributed by atoms with Gasteiger partial charge in [-0.2, -0.15) is 5.10 Å². The molecule has 4 aromatic heterocycles. The van der Waals surface area contributed by atoms with E-state index in [0.717, 1.165) is 40.1 Å². The Kier molecular flexibility index (Phi) is 5.25. The number of anilines is 2. The Balaban J connectivity index is 1.48. The molecule has 0 aliphatic heterocycles. The van der Waals surface area contributed by atoms with Crippen molar-refractivity contribution in [1.29, 1.82) is 0 Å². The number of rotatable bonds is 5. The summed E-state index contributed by atoms with van der Waals surface area (Å²) in [6.07, 6.45) is 7.28. The van der Waals surface area contributed by atoms with Crippen LogP contribution in [0.4, 0.5) is 11.5 Å². The SMILES string of the molecule is CN(CCO)C(=O)[C@H]1CCc2c(sc3ncnc(Nc4cc5ccnn5cc4Cl)c23)C1. The molecule has 10 heteroatoms. The Morgan fingerprint density at radius 1 is 1.45 bits per heavy atom. The first kappa shape index (κ1) is 20.2. The van der Waals surface area contributed by atoms with Crippen LogP contribution < -0.4 is 5.32 Å². The Bertz CT molecular complexity index is 1290. The third kappa shape index (κ3) is 3.62. The predicted octanol–water partition coefficient (Wildman–Crippen LogP) is 3.29. The normalized spacial score (nSPS) is 15.9. The number of aromatic nitrogens is 4. The molecule has 4 heterocycles. The van der Waals surface area contributed by atoms with E-state index in [1.165, 1.54) is 10.4 Å². The lowest BCUT2D eigenvalue weighted by atomic mass is 9.87. The number of pyridine rings is 1. The second-order valence-corrected chi connectivity index (χ2v) is 9.18. The lowest BCUT2D eigenvalue weighted by Gasteiger charge is -2.26. The molecule has 31 heavy (non-hydrogen) atoms. The molecule has 160 valence electrons. The topological polar surface area (TPSA) is 95.6 Å². The van der Waals surface area contributed by atoms with E-state index in [1.807, 2.05) is 12.1 Å². The second-order valence-electron chi connectivity index (χ2n) is 7.69. The molecule has 0 saturated heterocycles. The van der Waals surface area contributed by atoms with E-state index in [0.29, 0.717) is 18.0 Å². The van der Waals surface area contributed by atoms with Gasteiger partial charge >= 0.3 is 0 Å². The van der Waals surface area contributed by atoms with Crippen LogP contribution in [0.5, 0.6) is 0 Å². The van der Waals surface area contributed by atoms with E-state index >= 15 is 0 Å². The Morgan fingerprint density at radius 2 is 2.32 bits per heavy atom. The first-order valence-electron chi connectivity index (χ1n) is 10.1. The summed E-state index contributed by atoms with van der Waals surface area (Å²) in [5.41, 5.74) is 2.89. The highest BCUT2D eigenvalue weighted by atomic mass is 35.5. The molecule has 2 N–H and O–H groups in total. The molecular weight excluding hydrogens is 436 g/mol. The quantitative estimate of drug-likeness (QED) is 0.478. The number of amides is 1. The monoisotopic (exact) mass is 456 g/mol. The van der Waals surface area contributed by atoms with Gasteiger partial charge in [0.2, 0.25) is 5.91 Å². The molecule has 1 amide bonds. The third-order valence-corrected chi connectivity index (χ3v) is 7.21. The van der Waals surface area contributed by atoms with Crippen molar-refractivity contribution in [2.75, 3.05) is 25.5 Å². The molecule has 0 bridgehead atoms. The number of aryl methyl sites for hydroxylation is 1. The van der Waals surface area contributed by atoms with Gasteiger partial charge in [-0.15, -0.1) is 11.3 Å². The number of carbonyl (C=O) groups excluding carboxylic acids is 1. The number of nitrogens with zero attached hydrogens (tertiary/aromatic N) is 5. The van der Waals surface area contributed by atoms with Gasteiger partial charge in [0.05, 0.1) is 28.2 Å². The molecule has 0 unspecified atom stereocenters. The van der Waals surface area contributed by atoms with Gasteiger partial charge in [0.25, 0.3) is 0 Å². The largest absolute Gasteiger partial charge is 0.395 e. The van der Waals surface area contributed by atoms with Crippen LogP contribution in [0.25, 0.3) is 15.7 Å². The zero-order valence-corrected chi connectivity index (χ0v) is 18.4. The molecule has 1 aliphatic carbocycles. The van der Waals surface area contributed by atoms with Crippen LogP contribution >= 0.6 is 22.9 Å². The number of nitrogens with one attached hydrogen (secondary N) is 1. The molecule has 0 radical (unpaired) electrons. The van der Waals surface area contributed by atoms with Crippen molar-refractivity contribution in [2.24, 2.45) is 5.92 Å². The number of fused-ring (bicyclic) bond motifs is 4. The van der Waals surface area contributed by atoms with Crippen molar-refractivity contribution in [2.45, 2.75) is 19.3 Å². The van der Waals surface area contributed by atoms with Gasteiger partial charge in [-0.05, 0) is 37.0 Å². The highest BCUT2D eigenvalue weighted by molar-refractivity contribution is 7.19. The smallest absolute Gasteiger partial charge is 0.225 e. The van der Waals surface area contributed by atoms with Crippen molar-refractivity contribution in [1.82, 2.24) is 24.5 Å². The highest BCUT2D eigenvalue weighted by Gasteiger charge is 2.30. The number of aliphatic hydroxyl groups is 1. The first-order valence-corrected chi connectivity index (χ1v) is 11.3. The summed E-state index contributed by atoms with van der Waals surface area (Å²) >= 11 is 8.08. The van der Waals surface area contributed by atoms with Gasteiger partial charge in [0.1, 0.15) is 17.0 Å². The van der Waals surface area contributed by atoms with Crippen LogP contribution in [-0.4, -0.2) is 55.7 Å². The van der Waals surface area contributed by atoms with Crippen molar-refractivity contribution in [3.63, 3.8) is 0 Å². The molecule has 5 rings (SSSR count). The fourth-order valence-electron chi connectivity index (χ4n) is 4.15. The first-order chi connectivity index (χ1) is 15.0. The van der Waals surface area contributed by atoms with Gasteiger partial charge in [-0.25, -0.2) is 14.5 Å². The molecule has 8 nitrogen and oxygen atoms in total. The lowest BCUT2D eigenvalue weighted by molar-refractivity contribution is -0.135. The minimum Gasteiger partial charge on any atom is -0.395 e. The Morgan fingerprint density at radius 3 is 3.16 bits per heavy atom. The highest BCUT2D eigenvalue weighted by Crippen LogP contribution is 2.41. The Hall–Kier alpha value is -2.75. The molecule has 1 aliphatic rings. The Labute approximate surface area is 187 Å². The third-order valence-electron chi connectivity index (χ3n) is 5.75. The standard InChI is InChI=1S/C21H21ClN6O2S/c1-27(6-7-29)21(30)12-2-3-14-17(8-12)31-20-18(14)19(23-11-24-20)26-16-9-13-4-5-25-28(13)10-15(16)22/h4-5,9-12,29H,2-3,6-8H2,1H3,(H,23,24,26)/t12-/m0/s1. The summed E-state index contributed by atoms with van der Waals surface area (Å²) in [6.45, 7) is 0.331. The van der Waals surface area contributed by atoms with E-state index in [1.54, 1.807) is 46.5 Å². The minimum absolute atomic E-state index is 0.0264. The maximum absolute atomic E-state index is 12.7. The van der Waals surface area contributed by atoms with Crippen LogP contribution in [0.1, 0.15) is 16.9 Å². The van der Waals surface area contributed by atoms with Crippen molar-refractivity contribution >= 4 is 56.1 Å². The van der Waals surface area contributed by atoms with Crippen LogP contribution in [0.15, 0.2) is 30.9 Å². The average molecular weight is 457 g/mol. The number of aliphatic hydroxyl groups excluding tert-OH is 1. The summed E-state index contributed by atoms with van der Waals surface area (Å²) in [7, 11) is 1.74. The summed E-state index contributed by atoms with van der Waals surface area (Å²) in [4.78, 5) is 25.4. The maximum Gasteiger partial charge on any atom is 0.225 e. The summed E-state index contributed by atoms with van der Waals surface area (Å²) in [5, 5.41) is 18.3. The molecule has 0 fully saturated rings. The van der Waals surface area contributed by atoms with Crippen LogP contribution in [0.2, 0.25) is 5.02 Å². The fourth-order valence-corrected chi connectivity index (χ4v) is 5.61. The van der Waals surface area contributed by atoms with Crippen LogP contribution in [0.3, 0.4) is 0 Å². The second kappa shape index (κ2) is 8.07. The number of hydrogen-bond donors (Lipinski definition) is 2. The zero-order chi connectivity index (χ0) is 21.5. The summed E-state index contributed by atoms with van der Waals surface area (Å²) in [5.74, 6) is 0.734. The summed E-state index contributed by atoms with van der Waals surface area (Å²) in [6, 6.07) is 3.85. The predicted molar refractivity (Wildman–Crippen MR) is 121 cm³/mol. The molecule has 1 atom stereocenters. The van der Waals surface area contributed by atoms with E-state index in [-0.39, 0.29) is 18.4 Å². The van der Waals surface area contributed by atoms with Gasteiger partial charge in [0, 0.05) is 36.8 Å². The molecule has 0 aromatic carbocycles. The van der Waals surface area contributed by atoms with E-state index in [2.05, 4.69) is 20.4 Å². The number of likely N-dealkylation sites (N-methyl/N-ethyl adjacent to an activating group) is 1. The number of thiophene rings is 1. The van der Waals surface area contributed by atoms with Crippen LogP contribution in [-0.2, 0) is 17.6 Å². The van der Waals surface area contributed by atoms with Gasteiger partial charge in [-0.1, -0.05) is 11.6 Å². The van der Waals surface area contributed by atoms with Crippen molar-refractivity contribution < 1.29 is 9.90 Å². The number of hydrogen-bond acceptors (Lipinski definition) is 7. The van der Waals surface area contributed by atoms with E-state index < -0.39 is 0 Å². The minimum atomic E-state index is -0.0693. The van der Waals surface area contributed by atoms with Gasteiger partial charge in [-0.3, -0.25) is 4.79 Å². The zero-order valence-electron chi connectivity index (χ0n) is 16.9. The lowest BCUT2D eigenvalue weighted by Crippen LogP contribution is -2.37. The van der Waals surface area contributed by atoms with E-state index in [4.69, 9.17) is 16.7 Å². The van der Waals surface area contributed by atoms with Crippen molar-refractivity contribution in [3.8, 4) is 0 Å². The van der Waals surface area contributed by atoms with Crippen LogP contribution in [0, 0.1) is 5.92 Å². The molecule has 0 spiro atoms. The number of halogens is 1. The maximum atomic E-state index is 12.7.